The van der Waals surface area contributed by atoms with Crippen molar-refractivity contribution < 1.29 is 79.1 Å². The van der Waals surface area contributed by atoms with Crippen LogP contribution in [-0.2, 0) is 0 Å². The third kappa shape index (κ3) is 15.1. The smallest absolute Gasteiger partial charge is 0.189 e. The predicted octanol–water partition coefficient (Wildman–Crippen LogP) is 9.78. The molecule has 259 valence electrons. The zero-order valence-corrected chi connectivity index (χ0v) is 30.8. The number of carbonyl (C=O) groups excluding carboxylic acids is 3. The van der Waals surface area contributed by atoms with E-state index in [2.05, 4.69) is 34.2 Å². The van der Waals surface area contributed by atoms with Crippen LogP contribution in [-0.4, -0.2) is 42.6 Å². The largest absolute Gasteiger partial charge is 0.512 e. The molecule has 9 heteroatoms. The first-order chi connectivity index (χ1) is 24.0. The number of aliphatic hydroxyl groups excluding tert-OH is 3. The number of nitrogens with zero attached hydrogens (tertiary/aromatic N) is 2. The molecule has 0 aliphatic heterocycles. The molecule has 0 spiro atoms. The van der Waals surface area contributed by atoms with E-state index in [0.717, 1.165) is 21.8 Å². The maximum atomic E-state index is 11.2. The zero-order chi connectivity index (χ0) is 36.3. The van der Waals surface area contributed by atoms with Crippen molar-refractivity contribution in [1.29, 1.82) is 0 Å². The minimum atomic E-state index is -0.171. The molecular formula is C42H38EuN2O6. The summed E-state index contributed by atoms with van der Waals surface area (Å²) in [5, 5.41) is 28.7. The van der Waals surface area contributed by atoms with Crippen molar-refractivity contribution in [3.05, 3.63) is 192 Å². The normalized spacial score (nSPS) is 10.9. The van der Waals surface area contributed by atoms with Crippen LogP contribution < -0.4 is 0 Å². The molecule has 6 aromatic rings. The number of hydrogen-bond acceptors (Lipinski definition) is 8. The number of pyridine rings is 2. The van der Waals surface area contributed by atoms with E-state index < -0.39 is 0 Å². The summed E-state index contributed by atoms with van der Waals surface area (Å²) in [6, 6.07) is 38.6. The molecule has 51 heavy (non-hydrogen) atoms. The monoisotopic (exact) mass is 819 g/mol. The van der Waals surface area contributed by atoms with Crippen molar-refractivity contribution >= 4 is 39.2 Å². The molecule has 0 atom stereocenters. The van der Waals surface area contributed by atoms with Crippen LogP contribution in [0, 0.1) is 49.4 Å². The SMILES string of the molecule is CC(O)=CC(=O)c1ccccc1.CC(O)=CC(=O)c1ccccc1.CC(O)=CC(=O)c1ccccc1.[Eu].c1cnc2c(c1)ccc1cccnc12. The van der Waals surface area contributed by atoms with Gasteiger partial charge in [0.2, 0.25) is 0 Å². The van der Waals surface area contributed by atoms with Crippen molar-refractivity contribution in [2.75, 3.05) is 0 Å². The van der Waals surface area contributed by atoms with Gasteiger partial charge in [-0.25, -0.2) is 0 Å². The van der Waals surface area contributed by atoms with Gasteiger partial charge >= 0.3 is 0 Å². The Kier molecular flexibility index (Phi) is 18.6. The average molecular weight is 819 g/mol. The van der Waals surface area contributed by atoms with Crippen molar-refractivity contribution in [3.8, 4) is 0 Å². The number of hydrogen-bond donors (Lipinski definition) is 3. The Bertz CT molecular complexity index is 1890. The number of aromatic nitrogens is 2. The number of rotatable bonds is 6. The van der Waals surface area contributed by atoms with Crippen LogP contribution in [0.25, 0.3) is 21.8 Å². The fourth-order valence-corrected chi connectivity index (χ4v) is 4.31. The van der Waals surface area contributed by atoms with Gasteiger partial charge in [-0.2, -0.15) is 0 Å². The molecule has 0 amide bonds. The van der Waals surface area contributed by atoms with E-state index >= 15 is 0 Å². The Labute approximate surface area is 338 Å². The number of ketones is 3. The summed E-state index contributed by atoms with van der Waals surface area (Å²) in [4.78, 5) is 42.3. The van der Waals surface area contributed by atoms with Gasteiger partial charge in [-0.05, 0) is 32.9 Å². The third-order valence-electron chi connectivity index (χ3n) is 6.54. The molecule has 6 rings (SSSR count). The second kappa shape index (κ2) is 22.6. The summed E-state index contributed by atoms with van der Waals surface area (Å²) in [7, 11) is 0. The van der Waals surface area contributed by atoms with Gasteiger partial charge in [0.15, 0.2) is 17.3 Å². The van der Waals surface area contributed by atoms with Gasteiger partial charge < -0.3 is 15.3 Å². The fourth-order valence-electron chi connectivity index (χ4n) is 4.31. The fraction of sp³-hybridized carbons (Fsp3) is 0.0714. The molecular weight excluding hydrogens is 780 g/mol. The van der Waals surface area contributed by atoms with Crippen LogP contribution in [0.15, 0.2) is 175 Å². The van der Waals surface area contributed by atoms with E-state index in [0.29, 0.717) is 16.7 Å². The minimum absolute atomic E-state index is 0. The average Bonchev–Trinajstić information content (AvgIpc) is 3.13. The van der Waals surface area contributed by atoms with Crippen molar-refractivity contribution in [1.82, 2.24) is 9.97 Å². The molecule has 0 bridgehead atoms. The number of aliphatic hydroxyl groups is 3. The first kappa shape index (κ1) is 42.1. The molecule has 0 aliphatic carbocycles. The van der Waals surface area contributed by atoms with Crippen LogP contribution in [0.2, 0.25) is 0 Å². The molecule has 1 radical (unpaired) electrons. The summed E-state index contributed by atoms with van der Waals surface area (Å²) in [6.45, 7) is 4.42. The molecule has 0 fully saturated rings. The van der Waals surface area contributed by atoms with E-state index in [1.54, 1.807) is 85.2 Å². The second-order valence-corrected chi connectivity index (χ2v) is 10.8. The molecule has 2 heterocycles. The Morgan fingerprint density at radius 2 is 0.706 bits per heavy atom. The van der Waals surface area contributed by atoms with Crippen LogP contribution in [0.1, 0.15) is 51.8 Å². The molecule has 2 aromatic heterocycles. The van der Waals surface area contributed by atoms with Gasteiger partial charge in [-0.15, -0.1) is 0 Å². The zero-order valence-electron chi connectivity index (χ0n) is 28.3. The van der Waals surface area contributed by atoms with Gasteiger partial charge in [0, 0.05) is 107 Å². The Morgan fingerprint density at radius 3 is 0.961 bits per heavy atom. The Morgan fingerprint density at radius 1 is 0.431 bits per heavy atom. The predicted molar refractivity (Wildman–Crippen MR) is 199 cm³/mol. The number of allylic oxidation sites excluding steroid dienone is 6. The Balaban J connectivity index is 0.000000235. The van der Waals surface area contributed by atoms with Gasteiger partial charge in [-0.3, -0.25) is 24.4 Å². The molecule has 8 nitrogen and oxygen atoms in total. The second-order valence-electron chi connectivity index (χ2n) is 10.8. The third-order valence-corrected chi connectivity index (χ3v) is 6.54. The topological polar surface area (TPSA) is 138 Å². The van der Waals surface area contributed by atoms with Gasteiger partial charge in [0.05, 0.1) is 28.3 Å². The van der Waals surface area contributed by atoms with Crippen molar-refractivity contribution in [3.63, 3.8) is 0 Å². The molecule has 0 saturated heterocycles. The van der Waals surface area contributed by atoms with E-state index in [4.69, 9.17) is 15.3 Å². The molecule has 4 aromatic carbocycles. The summed E-state index contributed by atoms with van der Waals surface area (Å²) in [5.41, 5.74) is 3.72. The maximum Gasteiger partial charge on any atom is 0.189 e. The van der Waals surface area contributed by atoms with Crippen LogP contribution in [0.4, 0.5) is 0 Å². The molecule has 0 unspecified atom stereocenters. The van der Waals surface area contributed by atoms with Gasteiger partial charge in [0.25, 0.3) is 0 Å². The van der Waals surface area contributed by atoms with Crippen molar-refractivity contribution in [2.24, 2.45) is 0 Å². The first-order valence-corrected chi connectivity index (χ1v) is 15.5. The van der Waals surface area contributed by atoms with E-state index in [1.165, 1.54) is 39.0 Å². The van der Waals surface area contributed by atoms with Gasteiger partial charge in [-0.1, -0.05) is 115 Å². The summed E-state index contributed by atoms with van der Waals surface area (Å²) >= 11 is 0. The number of benzene rings is 4. The standard InChI is InChI=1S/C12H8N2.3C10H10O2.Eu/c1-3-9-5-6-10-4-2-8-14-12(10)11(9)13-7-1;3*1-8(11)7-10(12)9-5-3-2-4-6-9;/h1-8H;3*2-7,11H,1H3;. The van der Waals surface area contributed by atoms with Crippen LogP contribution in [0.5, 0.6) is 0 Å². The molecule has 0 aliphatic rings. The number of carbonyl (C=O) groups is 3. The summed E-state index contributed by atoms with van der Waals surface area (Å²) in [5.74, 6) is -0.418. The van der Waals surface area contributed by atoms with Crippen molar-refractivity contribution in [2.45, 2.75) is 20.8 Å². The molecule has 0 saturated carbocycles. The van der Waals surface area contributed by atoms with Crippen LogP contribution in [0.3, 0.4) is 0 Å². The first-order valence-electron chi connectivity index (χ1n) is 15.5. The molecule has 3 N–H and O–H groups in total. The van der Waals surface area contributed by atoms with E-state index in [9.17, 15) is 14.4 Å². The minimum Gasteiger partial charge on any atom is -0.512 e. The van der Waals surface area contributed by atoms with E-state index in [-0.39, 0.29) is 84.0 Å². The quantitative estimate of drug-likeness (QED) is 0.0654. The van der Waals surface area contributed by atoms with Crippen LogP contribution >= 0.6 is 0 Å². The number of fused-ring (bicyclic) bond motifs is 3. The summed E-state index contributed by atoms with van der Waals surface area (Å²) in [6.07, 6.45) is 7.22. The van der Waals surface area contributed by atoms with E-state index in [1.807, 2.05) is 30.3 Å². The maximum absolute atomic E-state index is 11.2. The summed E-state index contributed by atoms with van der Waals surface area (Å²) < 4.78 is 0. The van der Waals surface area contributed by atoms with Gasteiger partial charge in [0.1, 0.15) is 0 Å². The Hall–Kier alpha value is -5.09.